The SMILES string of the molecule is COC[C@H](c1ccc2oc([C@@H](N)C3CCC(F)CC3)nc2c1)N1CC(F)(F)CNC1=O. The Bertz CT molecular complexity index is 930. The fourth-order valence-electron chi connectivity index (χ4n) is 4.41. The van der Waals surface area contributed by atoms with E-state index in [0.717, 1.165) is 4.90 Å². The van der Waals surface area contributed by atoms with Crippen LogP contribution in [0.2, 0.25) is 0 Å². The summed E-state index contributed by atoms with van der Waals surface area (Å²) in [4.78, 5) is 17.9. The molecule has 1 aliphatic heterocycles. The lowest BCUT2D eigenvalue weighted by Gasteiger charge is -2.38. The first-order chi connectivity index (χ1) is 14.8. The molecule has 1 saturated carbocycles. The second-order valence-electron chi connectivity index (χ2n) is 8.43. The van der Waals surface area contributed by atoms with E-state index in [-0.39, 0.29) is 12.5 Å². The maximum absolute atomic E-state index is 13.9. The highest BCUT2D eigenvalue weighted by Gasteiger charge is 2.42. The number of nitrogens with one attached hydrogen (secondary N) is 1. The molecule has 2 aliphatic rings. The summed E-state index contributed by atoms with van der Waals surface area (Å²) < 4.78 is 52.3. The van der Waals surface area contributed by atoms with Crippen molar-refractivity contribution in [3.63, 3.8) is 0 Å². The van der Waals surface area contributed by atoms with E-state index >= 15 is 0 Å². The van der Waals surface area contributed by atoms with Crippen LogP contribution in [0.1, 0.15) is 49.2 Å². The van der Waals surface area contributed by atoms with Crippen LogP contribution in [0.4, 0.5) is 18.0 Å². The minimum absolute atomic E-state index is 0.0473. The van der Waals surface area contributed by atoms with Crippen molar-refractivity contribution in [1.82, 2.24) is 15.2 Å². The number of nitrogens with two attached hydrogens (primary N) is 1. The smallest absolute Gasteiger partial charge is 0.318 e. The molecule has 31 heavy (non-hydrogen) atoms. The van der Waals surface area contributed by atoms with E-state index in [0.29, 0.717) is 48.2 Å². The van der Waals surface area contributed by atoms with Gasteiger partial charge in [0, 0.05) is 7.11 Å². The lowest BCUT2D eigenvalue weighted by molar-refractivity contribution is -0.0509. The molecule has 0 spiro atoms. The van der Waals surface area contributed by atoms with Crippen LogP contribution >= 0.6 is 0 Å². The Morgan fingerprint density at radius 1 is 1.35 bits per heavy atom. The first kappa shape index (κ1) is 21.9. The van der Waals surface area contributed by atoms with Gasteiger partial charge in [-0.15, -0.1) is 0 Å². The Balaban J connectivity index is 1.59. The molecule has 2 heterocycles. The molecular formula is C21H27F3N4O3. The fourth-order valence-corrected chi connectivity index (χ4v) is 4.41. The maximum Gasteiger partial charge on any atom is 0.318 e. The summed E-state index contributed by atoms with van der Waals surface area (Å²) in [6.07, 6.45) is 1.57. The van der Waals surface area contributed by atoms with Crippen LogP contribution in [0.5, 0.6) is 0 Å². The minimum atomic E-state index is -3.03. The topological polar surface area (TPSA) is 93.6 Å². The molecule has 3 N–H and O–H groups in total. The van der Waals surface area contributed by atoms with E-state index in [9.17, 15) is 18.0 Å². The highest BCUT2D eigenvalue weighted by molar-refractivity contribution is 5.77. The van der Waals surface area contributed by atoms with Gasteiger partial charge in [0.2, 0.25) is 5.89 Å². The summed E-state index contributed by atoms with van der Waals surface area (Å²) in [7, 11) is 1.45. The van der Waals surface area contributed by atoms with Gasteiger partial charge in [-0.2, -0.15) is 0 Å². The molecule has 4 rings (SSSR count). The van der Waals surface area contributed by atoms with Gasteiger partial charge in [-0.1, -0.05) is 6.07 Å². The largest absolute Gasteiger partial charge is 0.439 e. The Labute approximate surface area is 178 Å². The normalized spacial score (nSPS) is 26.0. The molecule has 0 unspecified atom stereocenters. The van der Waals surface area contributed by atoms with Gasteiger partial charge in [0.15, 0.2) is 5.58 Å². The van der Waals surface area contributed by atoms with Gasteiger partial charge in [-0.05, 0) is 49.3 Å². The van der Waals surface area contributed by atoms with Gasteiger partial charge in [0.25, 0.3) is 5.92 Å². The summed E-state index contributed by atoms with van der Waals surface area (Å²) in [5, 5.41) is 2.23. The van der Waals surface area contributed by atoms with E-state index in [1.54, 1.807) is 18.2 Å². The van der Waals surface area contributed by atoms with Crippen molar-refractivity contribution in [2.24, 2.45) is 11.7 Å². The fraction of sp³-hybridized carbons (Fsp3) is 0.619. The number of halogens is 3. The molecule has 10 heteroatoms. The number of aromatic nitrogens is 1. The monoisotopic (exact) mass is 440 g/mol. The zero-order chi connectivity index (χ0) is 22.2. The third-order valence-corrected chi connectivity index (χ3v) is 6.17. The van der Waals surface area contributed by atoms with Gasteiger partial charge in [-0.3, -0.25) is 0 Å². The zero-order valence-electron chi connectivity index (χ0n) is 17.3. The molecule has 2 amide bonds. The summed E-state index contributed by atoms with van der Waals surface area (Å²) in [6, 6.07) is 3.38. The number of alkyl halides is 3. The Hall–Kier alpha value is -2.33. The minimum Gasteiger partial charge on any atom is -0.439 e. The molecule has 2 atom stereocenters. The number of rotatable bonds is 6. The van der Waals surface area contributed by atoms with Gasteiger partial charge in [0.05, 0.1) is 31.8 Å². The predicted octanol–water partition coefficient (Wildman–Crippen LogP) is 3.70. The number of carbonyl (C=O) groups excluding carboxylic acids is 1. The summed E-state index contributed by atoms with van der Waals surface area (Å²) in [5.74, 6) is -2.56. The van der Waals surface area contributed by atoms with Crippen LogP contribution in [0.3, 0.4) is 0 Å². The number of methoxy groups -OCH3 is 1. The second kappa shape index (κ2) is 8.66. The van der Waals surface area contributed by atoms with Crippen LogP contribution < -0.4 is 11.1 Å². The van der Waals surface area contributed by atoms with E-state index in [4.69, 9.17) is 14.9 Å². The van der Waals surface area contributed by atoms with Crippen molar-refractivity contribution in [2.75, 3.05) is 26.8 Å². The first-order valence-corrected chi connectivity index (χ1v) is 10.5. The van der Waals surface area contributed by atoms with Crippen molar-refractivity contribution < 1.29 is 27.1 Å². The third-order valence-electron chi connectivity index (χ3n) is 6.17. The van der Waals surface area contributed by atoms with Gasteiger partial charge >= 0.3 is 6.03 Å². The lowest BCUT2D eigenvalue weighted by Crippen LogP contribution is -2.58. The van der Waals surface area contributed by atoms with Crippen molar-refractivity contribution in [3.05, 3.63) is 29.7 Å². The number of nitrogens with zero attached hydrogens (tertiary/aromatic N) is 2. The van der Waals surface area contributed by atoms with Crippen molar-refractivity contribution >= 4 is 17.1 Å². The molecule has 7 nitrogen and oxygen atoms in total. The van der Waals surface area contributed by atoms with E-state index in [1.165, 1.54) is 7.11 Å². The molecule has 1 aromatic heterocycles. The van der Waals surface area contributed by atoms with E-state index in [2.05, 4.69) is 10.3 Å². The number of hydrogen-bond donors (Lipinski definition) is 2. The number of carbonyl (C=O) groups is 1. The molecular weight excluding hydrogens is 413 g/mol. The Morgan fingerprint density at radius 3 is 2.81 bits per heavy atom. The van der Waals surface area contributed by atoms with Crippen LogP contribution in [0.25, 0.3) is 11.1 Å². The van der Waals surface area contributed by atoms with E-state index < -0.39 is 43.3 Å². The molecule has 2 aromatic rings. The van der Waals surface area contributed by atoms with Crippen molar-refractivity contribution in [1.29, 1.82) is 0 Å². The van der Waals surface area contributed by atoms with Gasteiger partial charge in [0.1, 0.15) is 11.7 Å². The van der Waals surface area contributed by atoms with Crippen LogP contribution in [0.15, 0.2) is 22.6 Å². The molecule has 1 aromatic carbocycles. The number of ether oxygens (including phenoxy) is 1. The van der Waals surface area contributed by atoms with Crippen LogP contribution in [-0.4, -0.2) is 54.8 Å². The summed E-state index contributed by atoms with van der Waals surface area (Å²) in [6.45, 7) is -1.33. The predicted molar refractivity (Wildman–Crippen MR) is 107 cm³/mol. The first-order valence-electron chi connectivity index (χ1n) is 10.5. The average Bonchev–Trinajstić information content (AvgIpc) is 3.17. The molecule has 0 bridgehead atoms. The quantitative estimate of drug-likeness (QED) is 0.714. The number of fused-ring (bicyclic) bond motifs is 1. The molecule has 170 valence electrons. The number of urea groups is 1. The third kappa shape index (κ3) is 4.64. The maximum atomic E-state index is 13.9. The number of amides is 2. The number of benzene rings is 1. The second-order valence-corrected chi connectivity index (χ2v) is 8.43. The molecule has 2 fully saturated rings. The van der Waals surface area contributed by atoms with E-state index in [1.807, 2.05) is 0 Å². The highest BCUT2D eigenvalue weighted by Crippen LogP contribution is 2.36. The Kier molecular flexibility index (Phi) is 6.11. The van der Waals surface area contributed by atoms with Gasteiger partial charge in [-0.25, -0.2) is 22.9 Å². The Morgan fingerprint density at radius 2 is 2.10 bits per heavy atom. The van der Waals surface area contributed by atoms with Gasteiger partial charge < -0.3 is 25.1 Å². The summed E-state index contributed by atoms with van der Waals surface area (Å²) >= 11 is 0. The van der Waals surface area contributed by atoms with Crippen molar-refractivity contribution in [2.45, 2.75) is 49.9 Å². The van der Waals surface area contributed by atoms with Crippen LogP contribution in [-0.2, 0) is 4.74 Å². The van der Waals surface area contributed by atoms with Crippen molar-refractivity contribution in [3.8, 4) is 0 Å². The number of hydrogen-bond acceptors (Lipinski definition) is 5. The number of oxazole rings is 1. The zero-order valence-corrected chi connectivity index (χ0v) is 17.3. The molecule has 0 radical (unpaired) electrons. The molecule has 1 saturated heterocycles. The highest BCUT2D eigenvalue weighted by atomic mass is 19.3. The molecule has 1 aliphatic carbocycles. The lowest BCUT2D eigenvalue weighted by atomic mass is 9.83. The summed E-state index contributed by atoms with van der Waals surface area (Å²) in [5.41, 5.74) is 7.98. The average molecular weight is 440 g/mol. The standard InChI is InChI=1S/C21H27F3N4O3/c1-30-9-16(28-11-21(23,24)10-26-20(28)29)13-4-7-17-15(8-13)27-19(31-17)18(25)12-2-5-14(22)6-3-12/h4,7-8,12,14,16,18H,2-3,5-6,9-11,25H2,1H3,(H,26,29)/t12?,14?,16-,18+/m1/s1. The van der Waals surface area contributed by atoms with Crippen LogP contribution in [0, 0.1) is 5.92 Å².